The molecule has 0 fully saturated rings. The Balaban J connectivity index is 3.18. The lowest BCUT2D eigenvalue weighted by molar-refractivity contribution is 0.120. The van der Waals surface area contributed by atoms with Crippen LogP contribution < -0.4 is 15.4 Å². The van der Waals surface area contributed by atoms with E-state index in [1.807, 2.05) is 19.1 Å². The number of nitrogens with two attached hydrogens (primary N) is 1. The summed E-state index contributed by atoms with van der Waals surface area (Å²) in [6.07, 6.45) is 0. The minimum absolute atomic E-state index is 0.270. The number of methoxy groups -OCH3 is 2. The molecule has 14 heavy (non-hydrogen) atoms. The Kier molecular flexibility index (Phi) is 3.73. The van der Waals surface area contributed by atoms with Gasteiger partial charge in [0.15, 0.2) is 0 Å². The smallest absolute Gasteiger partial charge is 0.128 e. The lowest BCUT2D eigenvalue weighted by Gasteiger charge is -2.13. The van der Waals surface area contributed by atoms with E-state index in [9.17, 15) is 0 Å². The third-order valence-electron chi connectivity index (χ3n) is 1.98. The van der Waals surface area contributed by atoms with Gasteiger partial charge in [0.1, 0.15) is 18.1 Å². The quantitative estimate of drug-likeness (QED) is 0.741. The molecule has 0 spiro atoms. The van der Waals surface area contributed by atoms with Gasteiger partial charge in [-0.3, -0.25) is 4.84 Å². The summed E-state index contributed by atoms with van der Waals surface area (Å²) in [6.45, 7) is 2.24. The van der Waals surface area contributed by atoms with E-state index in [0.717, 1.165) is 22.6 Å². The third kappa shape index (κ3) is 2.16. The summed E-state index contributed by atoms with van der Waals surface area (Å²) >= 11 is 0. The number of benzene rings is 1. The zero-order valence-corrected chi connectivity index (χ0v) is 8.66. The Morgan fingerprint density at radius 1 is 1.14 bits per heavy atom. The van der Waals surface area contributed by atoms with Gasteiger partial charge in [0, 0.05) is 0 Å². The molecule has 0 bridgehead atoms. The Labute approximate surface area is 83.5 Å². The van der Waals surface area contributed by atoms with Crippen LogP contribution in [0.15, 0.2) is 12.1 Å². The van der Waals surface area contributed by atoms with Crippen molar-refractivity contribution in [3.05, 3.63) is 23.3 Å². The molecule has 4 nitrogen and oxygen atoms in total. The van der Waals surface area contributed by atoms with Crippen LogP contribution in [0.4, 0.5) is 0 Å². The van der Waals surface area contributed by atoms with Crippen LogP contribution >= 0.6 is 0 Å². The zero-order valence-electron chi connectivity index (χ0n) is 8.66. The van der Waals surface area contributed by atoms with Gasteiger partial charge in [-0.25, -0.2) is 5.90 Å². The van der Waals surface area contributed by atoms with E-state index < -0.39 is 0 Å². The van der Waals surface area contributed by atoms with E-state index in [1.54, 1.807) is 14.2 Å². The lowest BCUT2D eigenvalue weighted by Crippen LogP contribution is -2.03. The first kappa shape index (κ1) is 10.8. The predicted octanol–water partition coefficient (Wildman–Crippen LogP) is 1.40. The Morgan fingerprint density at radius 3 is 2.00 bits per heavy atom. The molecule has 78 valence electrons. The molecule has 0 unspecified atom stereocenters. The highest BCUT2D eigenvalue weighted by molar-refractivity contribution is 5.47. The zero-order chi connectivity index (χ0) is 10.6. The molecule has 0 amide bonds. The molecule has 0 heterocycles. The van der Waals surface area contributed by atoms with Crippen molar-refractivity contribution in [1.29, 1.82) is 0 Å². The van der Waals surface area contributed by atoms with Crippen LogP contribution in [0.1, 0.15) is 11.1 Å². The average Bonchev–Trinajstić information content (AvgIpc) is 2.20. The summed E-state index contributed by atoms with van der Waals surface area (Å²) in [4.78, 5) is 4.59. The fraction of sp³-hybridized carbons (Fsp3) is 0.400. The van der Waals surface area contributed by atoms with Crippen LogP contribution in [-0.4, -0.2) is 14.2 Å². The summed E-state index contributed by atoms with van der Waals surface area (Å²) in [5, 5.41) is 0. The number of rotatable bonds is 4. The van der Waals surface area contributed by atoms with Crippen LogP contribution in [0.5, 0.6) is 11.5 Å². The largest absolute Gasteiger partial charge is 0.496 e. The lowest BCUT2D eigenvalue weighted by atomic mass is 10.1. The first-order valence-electron chi connectivity index (χ1n) is 4.26. The highest BCUT2D eigenvalue weighted by Crippen LogP contribution is 2.30. The van der Waals surface area contributed by atoms with Gasteiger partial charge in [-0.15, -0.1) is 0 Å². The summed E-state index contributed by atoms with van der Waals surface area (Å²) in [5.74, 6) is 6.49. The molecule has 2 N–H and O–H groups in total. The summed E-state index contributed by atoms with van der Waals surface area (Å²) in [7, 11) is 3.21. The topological polar surface area (TPSA) is 53.7 Å². The standard InChI is InChI=1S/C10H15NO3/c1-7-4-9(12-2)8(6-14-11)10(5-7)13-3/h4-5H,6,11H2,1-3H3. The van der Waals surface area contributed by atoms with Gasteiger partial charge in [0.05, 0.1) is 19.8 Å². The first-order valence-corrected chi connectivity index (χ1v) is 4.26. The van der Waals surface area contributed by atoms with Crippen molar-refractivity contribution in [3.63, 3.8) is 0 Å². The van der Waals surface area contributed by atoms with Crippen molar-refractivity contribution in [2.24, 2.45) is 5.90 Å². The molecule has 1 rings (SSSR count). The molecule has 0 aliphatic carbocycles. The van der Waals surface area contributed by atoms with Gasteiger partial charge in [-0.1, -0.05) is 0 Å². The Morgan fingerprint density at radius 2 is 1.64 bits per heavy atom. The molecular formula is C10H15NO3. The molecule has 1 aromatic carbocycles. The fourth-order valence-electron chi connectivity index (χ4n) is 1.34. The summed E-state index contributed by atoms with van der Waals surface area (Å²) in [5.41, 5.74) is 1.89. The molecule has 0 radical (unpaired) electrons. The predicted molar refractivity (Wildman–Crippen MR) is 53.3 cm³/mol. The molecule has 0 saturated heterocycles. The molecular weight excluding hydrogens is 182 g/mol. The van der Waals surface area contributed by atoms with E-state index in [-0.39, 0.29) is 6.61 Å². The number of hydrogen-bond donors (Lipinski definition) is 1. The summed E-state index contributed by atoms with van der Waals surface area (Å²) < 4.78 is 10.4. The molecule has 0 aromatic heterocycles. The highest BCUT2D eigenvalue weighted by Gasteiger charge is 2.10. The van der Waals surface area contributed by atoms with Gasteiger partial charge in [0.25, 0.3) is 0 Å². The molecule has 0 aliphatic rings. The van der Waals surface area contributed by atoms with Crippen molar-refractivity contribution in [2.75, 3.05) is 14.2 Å². The molecule has 0 aliphatic heterocycles. The maximum atomic E-state index is 5.21. The Hall–Kier alpha value is -1.26. The molecule has 0 atom stereocenters. The van der Waals surface area contributed by atoms with Crippen LogP contribution in [0.25, 0.3) is 0 Å². The normalized spacial score (nSPS) is 10.0. The number of ether oxygens (including phenoxy) is 2. The van der Waals surface area contributed by atoms with Crippen LogP contribution in [0.3, 0.4) is 0 Å². The second-order valence-electron chi connectivity index (χ2n) is 2.96. The van der Waals surface area contributed by atoms with Crippen LogP contribution in [0, 0.1) is 6.92 Å². The van der Waals surface area contributed by atoms with Crippen LogP contribution in [-0.2, 0) is 11.4 Å². The number of hydrogen-bond acceptors (Lipinski definition) is 4. The highest BCUT2D eigenvalue weighted by atomic mass is 16.6. The SMILES string of the molecule is COc1cc(C)cc(OC)c1CON. The Bertz CT molecular complexity index is 287. The maximum Gasteiger partial charge on any atom is 0.128 e. The summed E-state index contributed by atoms with van der Waals surface area (Å²) in [6, 6.07) is 3.83. The van der Waals surface area contributed by atoms with Gasteiger partial charge >= 0.3 is 0 Å². The minimum atomic E-state index is 0.270. The molecule has 4 heteroatoms. The monoisotopic (exact) mass is 197 g/mol. The van der Waals surface area contributed by atoms with Gasteiger partial charge in [-0.2, -0.15) is 0 Å². The van der Waals surface area contributed by atoms with Crippen molar-refractivity contribution >= 4 is 0 Å². The van der Waals surface area contributed by atoms with E-state index in [1.165, 1.54) is 0 Å². The van der Waals surface area contributed by atoms with E-state index in [0.29, 0.717) is 0 Å². The average molecular weight is 197 g/mol. The van der Waals surface area contributed by atoms with E-state index in [2.05, 4.69) is 4.84 Å². The van der Waals surface area contributed by atoms with Crippen LogP contribution in [0.2, 0.25) is 0 Å². The second kappa shape index (κ2) is 4.83. The first-order chi connectivity index (χ1) is 6.72. The van der Waals surface area contributed by atoms with Gasteiger partial charge in [-0.05, 0) is 24.6 Å². The van der Waals surface area contributed by atoms with Crippen molar-refractivity contribution in [2.45, 2.75) is 13.5 Å². The van der Waals surface area contributed by atoms with Crippen molar-refractivity contribution in [3.8, 4) is 11.5 Å². The minimum Gasteiger partial charge on any atom is -0.496 e. The number of aryl methyl sites for hydroxylation is 1. The fourth-order valence-corrected chi connectivity index (χ4v) is 1.34. The maximum absolute atomic E-state index is 5.21. The van der Waals surface area contributed by atoms with Crippen molar-refractivity contribution in [1.82, 2.24) is 0 Å². The molecule has 1 aromatic rings. The van der Waals surface area contributed by atoms with Gasteiger partial charge in [0.2, 0.25) is 0 Å². The molecule has 0 saturated carbocycles. The van der Waals surface area contributed by atoms with Crippen molar-refractivity contribution < 1.29 is 14.3 Å². The van der Waals surface area contributed by atoms with Gasteiger partial charge < -0.3 is 9.47 Å². The second-order valence-corrected chi connectivity index (χ2v) is 2.96. The van der Waals surface area contributed by atoms with E-state index in [4.69, 9.17) is 15.4 Å². The van der Waals surface area contributed by atoms with E-state index >= 15 is 0 Å². The third-order valence-corrected chi connectivity index (χ3v) is 1.98.